The number of methoxy groups -OCH3 is 1. The lowest BCUT2D eigenvalue weighted by atomic mass is 10.0. The van der Waals surface area contributed by atoms with Crippen molar-refractivity contribution in [2.75, 3.05) is 7.11 Å². The SMILES string of the molecule is COC(=O)c1ccnc(C(=O)c2ccc3ncccc3c2)c1.O=C(c1ccc2ncccc2c1)c1cc(Cl)ccn1. The zero-order valence-electron chi connectivity index (χ0n) is 21.7. The molecular formula is C32H21ClN4O4. The van der Waals surface area contributed by atoms with E-state index >= 15 is 0 Å². The average Bonchev–Trinajstić information content (AvgIpc) is 3.03. The Morgan fingerprint density at radius 1 is 0.585 bits per heavy atom. The lowest BCUT2D eigenvalue weighted by Crippen LogP contribution is -2.08. The van der Waals surface area contributed by atoms with Crippen molar-refractivity contribution < 1.29 is 19.1 Å². The molecule has 0 aliphatic carbocycles. The van der Waals surface area contributed by atoms with Gasteiger partial charge in [0.1, 0.15) is 11.4 Å². The Bertz CT molecular complexity index is 1930. The number of nitrogens with zero attached hydrogens (tertiary/aromatic N) is 4. The number of rotatable bonds is 5. The maximum Gasteiger partial charge on any atom is 0.337 e. The lowest BCUT2D eigenvalue weighted by Gasteiger charge is -2.04. The first-order valence-corrected chi connectivity index (χ1v) is 12.8. The number of hydrogen-bond acceptors (Lipinski definition) is 8. The first-order chi connectivity index (χ1) is 19.9. The molecule has 0 unspecified atom stereocenters. The maximum absolute atomic E-state index is 12.5. The van der Waals surface area contributed by atoms with Crippen molar-refractivity contribution in [2.45, 2.75) is 0 Å². The smallest absolute Gasteiger partial charge is 0.337 e. The number of esters is 1. The number of benzene rings is 2. The molecule has 0 spiro atoms. The molecule has 200 valence electrons. The number of carbonyl (C=O) groups excluding carboxylic acids is 3. The fourth-order valence-corrected chi connectivity index (χ4v) is 4.22. The van der Waals surface area contributed by atoms with Gasteiger partial charge in [0.15, 0.2) is 0 Å². The molecule has 0 N–H and O–H groups in total. The molecule has 8 nitrogen and oxygen atoms in total. The Morgan fingerprint density at radius 2 is 1.12 bits per heavy atom. The van der Waals surface area contributed by atoms with E-state index in [4.69, 9.17) is 11.6 Å². The van der Waals surface area contributed by atoms with Crippen LogP contribution in [0.25, 0.3) is 21.8 Å². The summed E-state index contributed by atoms with van der Waals surface area (Å²) < 4.78 is 4.65. The van der Waals surface area contributed by atoms with Gasteiger partial charge in [-0.05, 0) is 72.8 Å². The third kappa shape index (κ3) is 6.29. The van der Waals surface area contributed by atoms with E-state index < -0.39 is 5.97 Å². The summed E-state index contributed by atoms with van der Waals surface area (Å²) in [4.78, 5) is 52.9. The highest BCUT2D eigenvalue weighted by Crippen LogP contribution is 2.18. The van der Waals surface area contributed by atoms with E-state index in [2.05, 4.69) is 24.7 Å². The van der Waals surface area contributed by atoms with Gasteiger partial charge >= 0.3 is 5.97 Å². The van der Waals surface area contributed by atoms with Crippen LogP contribution in [0.15, 0.2) is 110 Å². The van der Waals surface area contributed by atoms with E-state index in [1.54, 1.807) is 48.8 Å². The molecule has 0 bridgehead atoms. The van der Waals surface area contributed by atoms with Gasteiger partial charge in [0, 0.05) is 51.7 Å². The van der Waals surface area contributed by atoms with E-state index in [1.165, 1.54) is 31.6 Å². The van der Waals surface area contributed by atoms with E-state index in [0.29, 0.717) is 27.4 Å². The highest BCUT2D eigenvalue weighted by Gasteiger charge is 2.15. The van der Waals surface area contributed by atoms with Crippen LogP contribution in [-0.4, -0.2) is 44.6 Å². The van der Waals surface area contributed by atoms with Crippen molar-refractivity contribution in [1.82, 2.24) is 19.9 Å². The molecular weight excluding hydrogens is 540 g/mol. The van der Waals surface area contributed by atoms with Crippen LogP contribution in [0, 0.1) is 0 Å². The Balaban J connectivity index is 0.000000166. The van der Waals surface area contributed by atoms with Crippen molar-refractivity contribution >= 4 is 50.9 Å². The summed E-state index contributed by atoms with van der Waals surface area (Å²) in [5.41, 5.74) is 3.59. The fourth-order valence-electron chi connectivity index (χ4n) is 4.06. The summed E-state index contributed by atoms with van der Waals surface area (Å²) in [7, 11) is 1.29. The van der Waals surface area contributed by atoms with Crippen molar-refractivity contribution in [2.24, 2.45) is 0 Å². The zero-order chi connectivity index (χ0) is 28.8. The number of halogens is 1. The van der Waals surface area contributed by atoms with Crippen molar-refractivity contribution in [3.63, 3.8) is 0 Å². The molecule has 4 heterocycles. The highest BCUT2D eigenvalue weighted by atomic mass is 35.5. The Morgan fingerprint density at radius 3 is 1.66 bits per heavy atom. The lowest BCUT2D eigenvalue weighted by molar-refractivity contribution is 0.0600. The van der Waals surface area contributed by atoms with Crippen LogP contribution in [0.4, 0.5) is 0 Å². The molecule has 0 saturated carbocycles. The molecule has 0 aliphatic rings. The minimum Gasteiger partial charge on any atom is -0.465 e. The second kappa shape index (κ2) is 12.2. The Hall–Kier alpha value is -5.34. The van der Waals surface area contributed by atoms with Crippen LogP contribution in [0.3, 0.4) is 0 Å². The van der Waals surface area contributed by atoms with E-state index in [0.717, 1.165) is 21.8 Å². The van der Waals surface area contributed by atoms with Crippen molar-refractivity contribution in [1.29, 1.82) is 0 Å². The van der Waals surface area contributed by atoms with Crippen molar-refractivity contribution in [3.8, 4) is 0 Å². The number of ketones is 2. The molecule has 9 heteroatoms. The minimum absolute atomic E-state index is 0.145. The summed E-state index contributed by atoms with van der Waals surface area (Å²) in [6.45, 7) is 0. The van der Waals surface area contributed by atoms with Crippen LogP contribution >= 0.6 is 11.6 Å². The second-order valence-corrected chi connectivity index (χ2v) is 9.20. The van der Waals surface area contributed by atoms with Gasteiger partial charge in [-0.3, -0.25) is 29.5 Å². The predicted octanol–water partition coefficient (Wildman–Crippen LogP) is 6.16. The summed E-state index contributed by atoms with van der Waals surface area (Å²) in [6, 6.07) is 24.2. The summed E-state index contributed by atoms with van der Waals surface area (Å²) >= 11 is 5.87. The van der Waals surface area contributed by atoms with E-state index in [1.807, 2.05) is 36.4 Å². The van der Waals surface area contributed by atoms with E-state index in [9.17, 15) is 14.4 Å². The number of fused-ring (bicyclic) bond motifs is 2. The molecule has 0 amide bonds. The van der Waals surface area contributed by atoms with Gasteiger partial charge in [-0.1, -0.05) is 23.7 Å². The van der Waals surface area contributed by atoms with Gasteiger partial charge < -0.3 is 4.74 Å². The zero-order valence-corrected chi connectivity index (χ0v) is 22.4. The third-order valence-electron chi connectivity index (χ3n) is 6.10. The third-order valence-corrected chi connectivity index (χ3v) is 6.33. The van der Waals surface area contributed by atoms with Gasteiger partial charge in [0.2, 0.25) is 11.6 Å². The van der Waals surface area contributed by atoms with Crippen LogP contribution < -0.4 is 0 Å². The summed E-state index contributed by atoms with van der Waals surface area (Å²) in [5, 5.41) is 2.30. The number of pyridine rings is 4. The quantitative estimate of drug-likeness (QED) is 0.182. The van der Waals surface area contributed by atoms with E-state index in [-0.39, 0.29) is 17.3 Å². The monoisotopic (exact) mass is 560 g/mol. The minimum atomic E-state index is -0.501. The molecule has 41 heavy (non-hydrogen) atoms. The predicted molar refractivity (Wildman–Crippen MR) is 155 cm³/mol. The Labute approximate surface area is 239 Å². The van der Waals surface area contributed by atoms with Crippen molar-refractivity contribution in [3.05, 3.63) is 143 Å². The van der Waals surface area contributed by atoms with Gasteiger partial charge in [0.25, 0.3) is 0 Å². The second-order valence-electron chi connectivity index (χ2n) is 8.76. The molecule has 0 atom stereocenters. The van der Waals surface area contributed by atoms with Gasteiger partial charge in [-0.2, -0.15) is 0 Å². The molecule has 0 saturated heterocycles. The molecule has 4 aromatic heterocycles. The molecule has 6 rings (SSSR count). The van der Waals surface area contributed by atoms with Crippen LogP contribution in [-0.2, 0) is 4.74 Å². The molecule has 0 radical (unpaired) electrons. The average molecular weight is 561 g/mol. The first-order valence-electron chi connectivity index (χ1n) is 12.4. The number of aromatic nitrogens is 4. The molecule has 6 aromatic rings. The topological polar surface area (TPSA) is 112 Å². The highest BCUT2D eigenvalue weighted by molar-refractivity contribution is 6.31. The summed E-state index contributed by atoms with van der Waals surface area (Å²) in [5.74, 6) is -0.899. The molecule has 2 aromatic carbocycles. The first kappa shape index (κ1) is 27.2. The normalized spacial score (nSPS) is 10.5. The summed E-state index contributed by atoms with van der Waals surface area (Å²) in [6.07, 6.45) is 6.37. The maximum atomic E-state index is 12.5. The van der Waals surface area contributed by atoms with Crippen LogP contribution in [0.2, 0.25) is 5.02 Å². The number of hydrogen-bond donors (Lipinski definition) is 0. The van der Waals surface area contributed by atoms with Crippen LogP contribution in [0.5, 0.6) is 0 Å². The fraction of sp³-hybridized carbons (Fsp3) is 0.0312. The number of carbonyl (C=O) groups is 3. The van der Waals surface area contributed by atoms with Gasteiger partial charge in [-0.25, -0.2) is 4.79 Å². The van der Waals surface area contributed by atoms with Gasteiger partial charge in [0.05, 0.1) is 23.7 Å². The standard InChI is InChI=1S/C17H12N2O3.C15H9ClN2O/c1-22-17(21)13-6-8-19-15(10-13)16(20)12-4-5-14-11(9-12)3-2-7-18-14;16-12-5-7-18-14(9-12)15(19)11-3-4-13-10(8-11)2-1-6-17-13/h2-10H,1H3;1-9H. The van der Waals surface area contributed by atoms with Crippen LogP contribution in [0.1, 0.15) is 42.5 Å². The van der Waals surface area contributed by atoms with Gasteiger partial charge in [-0.15, -0.1) is 0 Å². The largest absolute Gasteiger partial charge is 0.465 e. The molecule has 0 aliphatic heterocycles. The molecule has 0 fully saturated rings. The Kier molecular flexibility index (Phi) is 8.13. The number of ether oxygens (including phenoxy) is 1.